The number of nitrogens with one attached hydrogen (secondary N) is 2. The first kappa shape index (κ1) is 15.8. The van der Waals surface area contributed by atoms with Crippen LogP contribution in [0.4, 0.5) is 11.4 Å². The molecule has 0 saturated carbocycles. The highest BCUT2D eigenvalue weighted by molar-refractivity contribution is 9.10. The maximum absolute atomic E-state index is 12.3. The summed E-state index contributed by atoms with van der Waals surface area (Å²) in [6, 6.07) is 8.27. The third-order valence-electron chi connectivity index (χ3n) is 2.76. The summed E-state index contributed by atoms with van der Waals surface area (Å²) in [6.07, 6.45) is 4.08. The Bertz CT molecular complexity index is 702. The number of anilines is 2. The van der Waals surface area contributed by atoms with Crippen molar-refractivity contribution in [1.82, 2.24) is 4.98 Å². The lowest BCUT2D eigenvalue weighted by molar-refractivity contribution is 0.601. The lowest BCUT2D eigenvalue weighted by Crippen LogP contribution is -2.13. The van der Waals surface area contributed by atoms with Crippen molar-refractivity contribution in [2.24, 2.45) is 0 Å². The van der Waals surface area contributed by atoms with Crippen LogP contribution in [0.15, 0.2) is 52.1 Å². The lowest BCUT2D eigenvalue weighted by Gasteiger charge is -2.10. The highest BCUT2D eigenvalue weighted by atomic mass is 79.9. The molecule has 5 nitrogen and oxygen atoms in total. The van der Waals surface area contributed by atoms with Crippen LogP contribution in [0.1, 0.15) is 13.3 Å². The third-order valence-corrected chi connectivity index (χ3v) is 4.77. The van der Waals surface area contributed by atoms with Crippen LogP contribution < -0.4 is 10.0 Å². The predicted molar refractivity (Wildman–Crippen MR) is 88.0 cm³/mol. The fourth-order valence-electron chi connectivity index (χ4n) is 1.68. The summed E-state index contributed by atoms with van der Waals surface area (Å²) in [6.45, 7) is 2.93. The molecule has 2 aromatic rings. The van der Waals surface area contributed by atoms with Gasteiger partial charge in [-0.3, -0.25) is 9.71 Å². The van der Waals surface area contributed by atoms with E-state index in [-0.39, 0.29) is 4.90 Å². The smallest absolute Gasteiger partial charge is 0.261 e. The van der Waals surface area contributed by atoms with E-state index in [1.807, 2.05) is 0 Å². The van der Waals surface area contributed by atoms with Gasteiger partial charge in [0, 0.05) is 24.6 Å². The molecule has 0 saturated heterocycles. The molecule has 7 heteroatoms. The lowest BCUT2D eigenvalue weighted by atomic mass is 10.3. The van der Waals surface area contributed by atoms with E-state index in [4.69, 9.17) is 0 Å². The molecule has 2 rings (SSSR count). The molecule has 1 heterocycles. The second-order valence-electron chi connectivity index (χ2n) is 4.41. The molecule has 0 fully saturated rings. The molecular weight excluding hydrogens is 354 g/mol. The molecule has 0 aliphatic rings. The van der Waals surface area contributed by atoms with E-state index in [2.05, 4.69) is 37.9 Å². The topological polar surface area (TPSA) is 71.1 Å². The molecular formula is C14H16BrN3O2S. The largest absolute Gasteiger partial charge is 0.385 e. The van der Waals surface area contributed by atoms with Gasteiger partial charge in [-0.25, -0.2) is 8.42 Å². The Kier molecular flexibility index (Phi) is 5.19. The number of sulfonamides is 1. The Labute approximate surface area is 133 Å². The number of benzene rings is 1. The van der Waals surface area contributed by atoms with Crippen LogP contribution in [0.2, 0.25) is 0 Å². The minimum atomic E-state index is -3.61. The minimum absolute atomic E-state index is 0.216. The normalized spacial score (nSPS) is 11.1. The van der Waals surface area contributed by atoms with Crippen LogP contribution in [0.5, 0.6) is 0 Å². The Morgan fingerprint density at radius 1 is 1.19 bits per heavy atom. The summed E-state index contributed by atoms with van der Waals surface area (Å²) in [7, 11) is -3.61. The summed E-state index contributed by atoms with van der Waals surface area (Å²) >= 11 is 3.26. The molecule has 2 N–H and O–H groups in total. The molecule has 0 spiro atoms. The van der Waals surface area contributed by atoms with Gasteiger partial charge in [-0.15, -0.1) is 0 Å². The molecule has 1 aromatic carbocycles. The molecule has 0 amide bonds. The predicted octanol–water partition coefficient (Wildman–Crippen LogP) is 3.47. The molecule has 112 valence electrons. The first-order valence-electron chi connectivity index (χ1n) is 6.49. The van der Waals surface area contributed by atoms with Crippen LogP contribution in [-0.4, -0.2) is 19.9 Å². The third kappa shape index (κ3) is 4.18. The highest BCUT2D eigenvalue weighted by Gasteiger charge is 2.15. The Hall–Kier alpha value is -1.60. The van der Waals surface area contributed by atoms with Gasteiger partial charge in [-0.2, -0.15) is 0 Å². The minimum Gasteiger partial charge on any atom is -0.385 e. The highest BCUT2D eigenvalue weighted by Crippen LogP contribution is 2.24. The van der Waals surface area contributed by atoms with Crippen LogP contribution in [0.3, 0.4) is 0 Å². The van der Waals surface area contributed by atoms with Crippen molar-refractivity contribution < 1.29 is 8.42 Å². The van der Waals surface area contributed by atoms with Crippen molar-refractivity contribution >= 4 is 37.3 Å². The second-order valence-corrected chi connectivity index (χ2v) is 6.95. The zero-order chi connectivity index (χ0) is 15.3. The number of pyridine rings is 1. The molecule has 0 bridgehead atoms. The summed E-state index contributed by atoms with van der Waals surface area (Å²) in [4.78, 5) is 4.11. The van der Waals surface area contributed by atoms with E-state index in [9.17, 15) is 8.42 Å². The van der Waals surface area contributed by atoms with Crippen LogP contribution in [0.25, 0.3) is 0 Å². The average Bonchev–Trinajstić information content (AvgIpc) is 2.48. The molecule has 0 aliphatic heterocycles. The Balaban J connectivity index is 2.18. The quantitative estimate of drug-likeness (QED) is 0.817. The van der Waals surface area contributed by atoms with Crippen molar-refractivity contribution in [1.29, 1.82) is 0 Å². The Morgan fingerprint density at radius 3 is 2.52 bits per heavy atom. The van der Waals surface area contributed by atoms with Gasteiger partial charge in [0.05, 0.1) is 15.1 Å². The van der Waals surface area contributed by atoms with Crippen LogP contribution in [-0.2, 0) is 10.0 Å². The first-order chi connectivity index (χ1) is 10.0. The summed E-state index contributed by atoms with van der Waals surface area (Å²) in [5.74, 6) is 0. The van der Waals surface area contributed by atoms with Gasteiger partial charge < -0.3 is 5.32 Å². The van der Waals surface area contributed by atoms with E-state index in [0.717, 1.165) is 18.7 Å². The summed E-state index contributed by atoms with van der Waals surface area (Å²) in [5, 5.41) is 3.20. The fourth-order valence-corrected chi connectivity index (χ4v) is 3.24. The number of nitrogens with zero attached hydrogens (tertiary/aromatic N) is 1. The van der Waals surface area contributed by atoms with Crippen molar-refractivity contribution in [3.63, 3.8) is 0 Å². The zero-order valence-corrected chi connectivity index (χ0v) is 13.9. The number of aromatic nitrogens is 1. The number of rotatable bonds is 6. The first-order valence-corrected chi connectivity index (χ1v) is 8.77. The van der Waals surface area contributed by atoms with Gasteiger partial charge in [0.2, 0.25) is 0 Å². The SMILES string of the molecule is CCCNc1ccc(S(=O)(=O)Nc2ccncc2Br)cc1. The van der Waals surface area contributed by atoms with E-state index in [0.29, 0.717) is 10.2 Å². The van der Waals surface area contributed by atoms with Gasteiger partial charge in [-0.05, 0) is 52.7 Å². The van der Waals surface area contributed by atoms with E-state index >= 15 is 0 Å². The summed E-state index contributed by atoms with van der Waals surface area (Å²) < 4.78 is 27.7. The second kappa shape index (κ2) is 6.91. The molecule has 1 aromatic heterocycles. The zero-order valence-electron chi connectivity index (χ0n) is 11.5. The maximum atomic E-state index is 12.3. The van der Waals surface area contributed by atoms with Crippen molar-refractivity contribution in [3.8, 4) is 0 Å². The van der Waals surface area contributed by atoms with Crippen LogP contribution >= 0.6 is 15.9 Å². The molecule has 0 atom stereocenters. The van der Waals surface area contributed by atoms with Gasteiger partial charge in [0.25, 0.3) is 10.0 Å². The molecule has 0 unspecified atom stereocenters. The molecule has 0 aliphatic carbocycles. The van der Waals surface area contributed by atoms with Crippen molar-refractivity contribution in [2.45, 2.75) is 18.2 Å². The van der Waals surface area contributed by atoms with Crippen LogP contribution in [0, 0.1) is 0 Å². The number of hydrogen-bond donors (Lipinski definition) is 2. The summed E-state index contributed by atoms with van der Waals surface area (Å²) in [5.41, 5.74) is 1.36. The average molecular weight is 370 g/mol. The molecule has 0 radical (unpaired) electrons. The Morgan fingerprint density at radius 2 is 1.90 bits per heavy atom. The fraction of sp³-hybridized carbons (Fsp3) is 0.214. The number of halogens is 1. The van der Waals surface area contributed by atoms with Crippen molar-refractivity contribution in [3.05, 3.63) is 47.2 Å². The maximum Gasteiger partial charge on any atom is 0.261 e. The van der Waals surface area contributed by atoms with E-state index < -0.39 is 10.0 Å². The van der Waals surface area contributed by atoms with Gasteiger partial charge >= 0.3 is 0 Å². The standard InChI is InChI=1S/C14H16BrN3O2S/c1-2-8-17-11-3-5-12(6-4-11)21(19,20)18-14-7-9-16-10-13(14)15/h3-7,9-10,17H,2,8H2,1H3,(H,16,18). The van der Waals surface area contributed by atoms with E-state index in [1.165, 1.54) is 12.4 Å². The van der Waals surface area contributed by atoms with Gasteiger partial charge in [0.1, 0.15) is 0 Å². The van der Waals surface area contributed by atoms with Crippen molar-refractivity contribution in [2.75, 3.05) is 16.6 Å². The number of hydrogen-bond acceptors (Lipinski definition) is 4. The van der Waals surface area contributed by atoms with E-state index in [1.54, 1.807) is 30.3 Å². The monoisotopic (exact) mass is 369 g/mol. The van der Waals surface area contributed by atoms with Gasteiger partial charge in [-0.1, -0.05) is 6.92 Å². The molecule has 21 heavy (non-hydrogen) atoms. The van der Waals surface area contributed by atoms with Gasteiger partial charge in [0.15, 0.2) is 0 Å².